The van der Waals surface area contributed by atoms with Crippen molar-refractivity contribution in [2.75, 3.05) is 26.9 Å². The number of carbonyl (C=O) groups is 1. The van der Waals surface area contributed by atoms with E-state index in [0.717, 1.165) is 21.5 Å². The van der Waals surface area contributed by atoms with Gasteiger partial charge in [-0.2, -0.15) is 0 Å². The first kappa shape index (κ1) is 21.7. The molecule has 152 valence electrons. The number of likely N-dealkylation sites (N-methyl/N-ethyl adjacent to an activating group) is 1. The summed E-state index contributed by atoms with van der Waals surface area (Å²) in [6.07, 6.45) is 1.82. The highest BCUT2D eigenvalue weighted by Crippen LogP contribution is 2.35. The van der Waals surface area contributed by atoms with E-state index in [1.54, 1.807) is 12.0 Å². The molecular formula is C21H20BrNO4S2. The van der Waals surface area contributed by atoms with Gasteiger partial charge in [-0.05, 0) is 55.5 Å². The van der Waals surface area contributed by atoms with Crippen LogP contribution in [0.4, 0.5) is 0 Å². The van der Waals surface area contributed by atoms with E-state index < -0.39 is 0 Å². The van der Waals surface area contributed by atoms with Gasteiger partial charge >= 0.3 is 0 Å². The molecule has 1 saturated heterocycles. The van der Waals surface area contributed by atoms with Gasteiger partial charge < -0.3 is 14.2 Å². The van der Waals surface area contributed by atoms with Crippen LogP contribution in [0.5, 0.6) is 17.2 Å². The summed E-state index contributed by atoms with van der Waals surface area (Å²) in [7, 11) is 1.62. The molecule has 1 heterocycles. The first-order chi connectivity index (χ1) is 14.0. The lowest BCUT2D eigenvalue weighted by molar-refractivity contribution is -0.121. The topological polar surface area (TPSA) is 48.0 Å². The molecule has 3 rings (SSSR count). The van der Waals surface area contributed by atoms with Gasteiger partial charge in [0.2, 0.25) is 0 Å². The molecule has 5 nitrogen and oxygen atoms in total. The molecule has 29 heavy (non-hydrogen) atoms. The lowest BCUT2D eigenvalue weighted by Gasteiger charge is -2.12. The molecule has 0 N–H and O–H groups in total. The van der Waals surface area contributed by atoms with Crippen molar-refractivity contribution < 1.29 is 19.0 Å². The van der Waals surface area contributed by atoms with Crippen molar-refractivity contribution in [1.29, 1.82) is 0 Å². The Morgan fingerprint density at radius 2 is 1.79 bits per heavy atom. The molecule has 0 radical (unpaired) electrons. The average molecular weight is 494 g/mol. The van der Waals surface area contributed by atoms with Crippen LogP contribution in [0.15, 0.2) is 51.8 Å². The highest BCUT2D eigenvalue weighted by atomic mass is 79.9. The zero-order valence-electron chi connectivity index (χ0n) is 16.0. The fraction of sp³-hybridized carbons (Fsp3) is 0.238. The van der Waals surface area contributed by atoms with E-state index in [2.05, 4.69) is 15.9 Å². The average Bonchev–Trinajstić information content (AvgIpc) is 2.99. The van der Waals surface area contributed by atoms with Crippen LogP contribution in [0.3, 0.4) is 0 Å². The first-order valence-corrected chi connectivity index (χ1v) is 11.0. The number of nitrogens with zero attached hydrogens (tertiary/aromatic N) is 1. The van der Waals surface area contributed by atoms with Crippen LogP contribution in [-0.4, -0.2) is 42.0 Å². The van der Waals surface area contributed by atoms with E-state index in [0.29, 0.717) is 34.7 Å². The van der Waals surface area contributed by atoms with Crippen LogP contribution in [0.2, 0.25) is 0 Å². The van der Waals surface area contributed by atoms with Gasteiger partial charge in [0.05, 0.1) is 12.0 Å². The Morgan fingerprint density at radius 3 is 2.45 bits per heavy atom. The fourth-order valence-corrected chi connectivity index (χ4v) is 4.41. The van der Waals surface area contributed by atoms with Gasteiger partial charge in [-0.3, -0.25) is 9.69 Å². The standard InChI is InChI=1S/C21H20BrNO4S2/c1-3-23-20(24)19(29-21(23)28)13-14-12-15(22)4-9-18(14)27-11-10-26-17-7-5-16(25-2)6-8-17/h4-9,12-13H,3,10-11H2,1-2H3. The lowest BCUT2D eigenvalue weighted by Crippen LogP contribution is -2.27. The molecule has 0 spiro atoms. The summed E-state index contributed by atoms with van der Waals surface area (Å²) in [6.45, 7) is 3.22. The molecule has 1 fully saturated rings. The van der Waals surface area contributed by atoms with Gasteiger partial charge in [0.1, 0.15) is 34.8 Å². The second-order valence-electron chi connectivity index (χ2n) is 5.98. The van der Waals surface area contributed by atoms with E-state index in [-0.39, 0.29) is 5.91 Å². The van der Waals surface area contributed by atoms with Crippen LogP contribution in [0.25, 0.3) is 6.08 Å². The third-order valence-electron chi connectivity index (χ3n) is 4.12. The predicted octanol–water partition coefficient (Wildman–Crippen LogP) is 5.14. The van der Waals surface area contributed by atoms with Crippen LogP contribution in [0, 0.1) is 0 Å². The molecule has 0 aliphatic carbocycles. The van der Waals surface area contributed by atoms with E-state index in [9.17, 15) is 4.79 Å². The quantitative estimate of drug-likeness (QED) is 0.288. The molecule has 2 aromatic carbocycles. The minimum Gasteiger partial charge on any atom is -0.497 e. The number of halogens is 1. The highest BCUT2D eigenvalue weighted by Gasteiger charge is 2.30. The normalized spacial score (nSPS) is 15.1. The molecule has 0 bridgehead atoms. The summed E-state index contributed by atoms with van der Waals surface area (Å²) in [4.78, 5) is 14.7. The number of thioether (sulfide) groups is 1. The van der Waals surface area contributed by atoms with E-state index in [1.807, 2.05) is 55.5 Å². The third kappa shape index (κ3) is 5.52. The summed E-state index contributed by atoms with van der Waals surface area (Å²) in [5, 5.41) is 0. The maximum absolute atomic E-state index is 12.5. The maximum atomic E-state index is 12.5. The Kier molecular flexibility index (Phi) is 7.57. The Balaban J connectivity index is 1.65. The minimum absolute atomic E-state index is 0.0729. The molecule has 2 aromatic rings. The van der Waals surface area contributed by atoms with Gasteiger partial charge in [-0.1, -0.05) is 39.9 Å². The SMILES string of the molecule is CCN1C(=O)C(=Cc2cc(Br)ccc2OCCOc2ccc(OC)cc2)SC1=S. The molecule has 1 aliphatic rings. The fourth-order valence-electron chi connectivity index (χ4n) is 2.66. The minimum atomic E-state index is -0.0729. The molecule has 0 atom stereocenters. The monoisotopic (exact) mass is 493 g/mol. The van der Waals surface area contributed by atoms with Gasteiger partial charge in [0.25, 0.3) is 5.91 Å². The number of benzene rings is 2. The number of thiocarbonyl (C=S) groups is 1. The van der Waals surface area contributed by atoms with E-state index in [1.165, 1.54) is 11.8 Å². The molecular weight excluding hydrogens is 474 g/mol. The number of amides is 1. The van der Waals surface area contributed by atoms with Crippen molar-refractivity contribution in [3.8, 4) is 17.2 Å². The first-order valence-electron chi connectivity index (χ1n) is 8.96. The van der Waals surface area contributed by atoms with E-state index in [4.69, 9.17) is 26.4 Å². The number of ether oxygens (including phenoxy) is 3. The summed E-state index contributed by atoms with van der Waals surface area (Å²) < 4.78 is 18.2. The third-order valence-corrected chi connectivity index (χ3v) is 5.99. The Labute approximate surface area is 188 Å². The molecule has 0 unspecified atom stereocenters. The summed E-state index contributed by atoms with van der Waals surface area (Å²) in [5.41, 5.74) is 0.806. The molecule has 8 heteroatoms. The van der Waals surface area contributed by atoms with Crippen LogP contribution in [-0.2, 0) is 4.79 Å². The van der Waals surface area contributed by atoms with Crippen molar-refractivity contribution in [2.24, 2.45) is 0 Å². The van der Waals surface area contributed by atoms with Crippen molar-refractivity contribution >= 4 is 56.2 Å². The molecule has 1 aliphatic heterocycles. The largest absolute Gasteiger partial charge is 0.497 e. The zero-order valence-corrected chi connectivity index (χ0v) is 19.2. The second kappa shape index (κ2) is 10.1. The number of rotatable bonds is 8. The van der Waals surface area contributed by atoms with Crippen molar-refractivity contribution in [1.82, 2.24) is 4.90 Å². The molecule has 0 saturated carbocycles. The van der Waals surface area contributed by atoms with Crippen LogP contribution < -0.4 is 14.2 Å². The predicted molar refractivity (Wildman–Crippen MR) is 124 cm³/mol. The summed E-state index contributed by atoms with van der Waals surface area (Å²) in [5.74, 6) is 2.12. The van der Waals surface area contributed by atoms with Gasteiger partial charge in [-0.15, -0.1) is 0 Å². The lowest BCUT2D eigenvalue weighted by atomic mass is 10.2. The number of hydrogen-bond acceptors (Lipinski definition) is 6. The summed E-state index contributed by atoms with van der Waals surface area (Å²) in [6, 6.07) is 13.1. The van der Waals surface area contributed by atoms with Gasteiger partial charge in [-0.25, -0.2) is 0 Å². The van der Waals surface area contributed by atoms with Crippen LogP contribution in [0.1, 0.15) is 12.5 Å². The Hall–Kier alpha value is -2.03. The van der Waals surface area contributed by atoms with Crippen molar-refractivity contribution in [3.05, 3.63) is 57.4 Å². The van der Waals surface area contributed by atoms with Gasteiger partial charge in [0.15, 0.2) is 0 Å². The van der Waals surface area contributed by atoms with E-state index >= 15 is 0 Å². The summed E-state index contributed by atoms with van der Waals surface area (Å²) >= 11 is 10.1. The highest BCUT2D eigenvalue weighted by molar-refractivity contribution is 9.10. The molecule has 1 amide bonds. The number of carbonyl (C=O) groups excluding carboxylic acids is 1. The van der Waals surface area contributed by atoms with Crippen molar-refractivity contribution in [2.45, 2.75) is 6.92 Å². The Bertz CT molecular complexity index is 931. The zero-order chi connectivity index (χ0) is 20.8. The Morgan fingerprint density at radius 1 is 1.10 bits per heavy atom. The number of hydrogen-bond donors (Lipinski definition) is 0. The van der Waals surface area contributed by atoms with Gasteiger partial charge in [0, 0.05) is 16.6 Å². The maximum Gasteiger partial charge on any atom is 0.266 e. The molecule has 0 aromatic heterocycles. The second-order valence-corrected chi connectivity index (χ2v) is 8.57. The van der Waals surface area contributed by atoms with Crippen LogP contribution >= 0.6 is 39.9 Å². The number of methoxy groups -OCH3 is 1. The smallest absolute Gasteiger partial charge is 0.266 e. The van der Waals surface area contributed by atoms with Crippen molar-refractivity contribution in [3.63, 3.8) is 0 Å².